The Labute approximate surface area is 167 Å². The van der Waals surface area contributed by atoms with Crippen molar-refractivity contribution in [1.82, 2.24) is 14.5 Å². The minimum absolute atomic E-state index is 0.0595. The molecule has 1 aromatic carbocycles. The average molecular weight is 394 g/mol. The van der Waals surface area contributed by atoms with Gasteiger partial charge in [-0.1, -0.05) is 37.5 Å². The normalized spacial score (nSPS) is 19.8. The van der Waals surface area contributed by atoms with Crippen molar-refractivity contribution in [3.05, 3.63) is 68.6 Å². The summed E-state index contributed by atoms with van der Waals surface area (Å²) < 4.78 is 1.50. The molecule has 0 radical (unpaired) electrons. The Bertz CT molecular complexity index is 1140. The third-order valence-corrected chi connectivity index (χ3v) is 7.39. The largest absolute Gasteiger partial charge is 0.328 e. The van der Waals surface area contributed by atoms with Crippen LogP contribution >= 0.6 is 11.8 Å². The lowest BCUT2D eigenvalue weighted by Crippen LogP contribution is -2.41. The molecule has 1 N–H and O–H groups in total. The van der Waals surface area contributed by atoms with Crippen LogP contribution in [0.4, 0.5) is 0 Å². The maximum absolute atomic E-state index is 13.1. The summed E-state index contributed by atoms with van der Waals surface area (Å²) in [4.78, 5) is 34.6. The predicted molar refractivity (Wildman–Crippen MR) is 112 cm³/mol. The Morgan fingerprint density at radius 3 is 2.71 bits per heavy atom. The third kappa shape index (κ3) is 3.00. The molecule has 0 spiro atoms. The average Bonchev–Trinajstić information content (AvgIpc) is 3.12. The quantitative estimate of drug-likeness (QED) is 0.717. The molecule has 1 atom stereocenters. The molecule has 2 aliphatic carbocycles. The predicted octanol–water partition coefficient (Wildman–Crippen LogP) is 4.37. The molecule has 0 bridgehead atoms. The van der Waals surface area contributed by atoms with Gasteiger partial charge in [0.2, 0.25) is 0 Å². The SMILES string of the molecule is O=c1[nH]c2c(c(=O)n1C1CCCCC1)CCC2Sc1cccc2cccnc12. The van der Waals surface area contributed by atoms with Gasteiger partial charge >= 0.3 is 5.69 Å². The fraction of sp³-hybridized carbons (Fsp3) is 0.409. The highest BCUT2D eigenvalue weighted by atomic mass is 32.2. The Morgan fingerprint density at radius 2 is 1.86 bits per heavy atom. The van der Waals surface area contributed by atoms with Crippen LogP contribution in [-0.2, 0) is 6.42 Å². The first kappa shape index (κ1) is 17.7. The van der Waals surface area contributed by atoms with E-state index >= 15 is 0 Å². The first-order chi connectivity index (χ1) is 13.7. The molecule has 0 aliphatic heterocycles. The van der Waals surface area contributed by atoms with Gasteiger partial charge < -0.3 is 4.98 Å². The molecule has 2 aromatic heterocycles. The number of hydrogen-bond acceptors (Lipinski definition) is 4. The molecule has 5 nitrogen and oxygen atoms in total. The van der Waals surface area contributed by atoms with Crippen LogP contribution in [0.5, 0.6) is 0 Å². The Morgan fingerprint density at radius 1 is 1.04 bits per heavy atom. The molecule has 1 unspecified atom stereocenters. The highest BCUT2D eigenvalue weighted by Gasteiger charge is 2.30. The number of nitrogens with one attached hydrogen (secondary N) is 1. The van der Waals surface area contributed by atoms with Gasteiger partial charge in [0.15, 0.2) is 0 Å². The van der Waals surface area contributed by atoms with Crippen LogP contribution in [0.15, 0.2) is 51.0 Å². The Balaban J connectivity index is 1.51. The van der Waals surface area contributed by atoms with Crippen LogP contribution in [0.1, 0.15) is 61.1 Å². The zero-order valence-corrected chi connectivity index (χ0v) is 16.5. The summed E-state index contributed by atoms with van der Waals surface area (Å²) >= 11 is 1.70. The molecular weight excluding hydrogens is 370 g/mol. The van der Waals surface area contributed by atoms with E-state index in [9.17, 15) is 9.59 Å². The highest BCUT2D eigenvalue weighted by Crippen LogP contribution is 2.44. The van der Waals surface area contributed by atoms with E-state index in [0.29, 0.717) is 0 Å². The molecule has 1 saturated carbocycles. The van der Waals surface area contributed by atoms with Crippen LogP contribution in [0.3, 0.4) is 0 Å². The molecule has 6 heteroatoms. The molecule has 28 heavy (non-hydrogen) atoms. The fourth-order valence-electron chi connectivity index (χ4n) is 4.65. The molecule has 2 heterocycles. The number of pyridine rings is 1. The smallest absolute Gasteiger partial charge is 0.310 e. The van der Waals surface area contributed by atoms with E-state index in [1.807, 2.05) is 12.1 Å². The number of aromatic nitrogens is 3. The molecular formula is C22H23N3O2S. The molecule has 1 fully saturated rings. The highest BCUT2D eigenvalue weighted by molar-refractivity contribution is 7.99. The lowest BCUT2D eigenvalue weighted by Gasteiger charge is -2.23. The van der Waals surface area contributed by atoms with Crippen LogP contribution < -0.4 is 11.2 Å². The number of para-hydroxylation sites is 1. The van der Waals surface area contributed by atoms with Crippen molar-refractivity contribution in [3.8, 4) is 0 Å². The number of fused-ring (bicyclic) bond motifs is 2. The summed E-state index contributed by atoms with van der Waals surface area (Å²) in [5.41, 5.74) is 2.29. The summed E-state index contributed by atoms with van der Waals surface area (Å²) in [5.74, 6) is 0. The van der Waals surface area contributed by atoms with E-state index in [1.165, 1.54) is 11.0 Å². The Kier molecular flexibility index (Phi) is 4.59. The lowest BCUT2D eigenvalue weighted by atomic mass is 9.95. The Hall–Kier alpha value is -2.34. The standard InChI is InChI=1S/C22H23N3O2S/c26-21-16-11-12-18(28-17-10-4-6-14-7-5-13-23-19(14)17)20(16)24-22(27)25(21)15-8-2-1-3-9-15/h4-7,10,13,15,18H,1-3,8-9,11-12H2,(H,24,27). The number of rotatable bonds is 3. The minimum atomic E-state index is -0.237. The van der Waals surface area contributed by atoms with E-state index in [-0.39, 0.29) is 22.5 Å². The van der Waals surface area contributed by atoms with Crippen molar-refractivity contribution < 1.29 is 0 Å². The van der Waals surface area contributed by atoms with Gasteiger partial charge in [0, 0.05) is 33.8 Å². The van der Waals surface area contributed by atoms with E-state index < -0.39 is 0 Å². The number of aromatic amines is 1. The summed E-state index contributed by atoms with van der Waals surface area (Å²) in [7, 11) is 0. The zero-order chi connectivity index (χ0) is 19.1. The van der Waals surface area contributed by atoms with Crippen molar-refractivity contribution in [1.29, 1.82) is 0 Å². The van der Waals surface area contributed by atoms with E-state index in [4.69, 9.17) is 0 Å². The second kappa shape index (κ2) is 7.24. The van der Waals surface area contributed by atoms with Crippen molar-refractivity contribution in [2.75, 3.05) is 0 Å². The van der Waals surface area contributed by atoms with Gasteiger partial charge in [-0.25, -0.2) is 4.79 Å². The monoisotopic (exact) mass is 393 g/mol. The molecule has 3 aromatic rings. The summed E-state index contributed by atoms with van der Waals surface area (Å²) in [6, 6.07) is 10.2. The van der Waals surface area contributed by atoms with Crippen LogP contribution in [0.25, 0.3) is 10.9 Å². The van der Waals surface area contributed by atoms with Crippen LogP contribution in [0, 0.1) is 0 Å². The summed E-state index contributed by atoms with van der Waals surface area (Å²) in [6.45, 7) is 0. The topological polar surface area (TPSA) is 67.8 Å². The third-order valence-electron chi connectivity index (χ3n) is 6.05. The molecule has 0 saturated heterocycles. The van der Waals surface area contributed by atoms with E-state index in [0.717, 1.165) is 65.6 Å². The number of nitrogens with zero attached hydrogens (tertiary/aromatic N) is 2. The van der Waals surface area contributed by atoms with Gasteiger partial charge in [-0.3, -0.25) is 14.3 Å². The van der Waals surface area contributed by atoms with Gasteiger partial charge in [0.1, 0.15) is 0 Å². The second-order valence-corrected chi connectivity index (χ2v) is 9.01. The summed E-state index contributed by atoms with van der Waals surface area (Å²) in [5, 5.41) is 1.19. The minimum Gasteiger partial charge on any atom is -0.310 e. The van der Waals surface area contributed by atoms with Crippen molar-refractivity contribution in [3.63, 3.8) is 0 Å². The number of benzene rings is 1. The maximum Gasteiger partial charge on any atom is 0.328 e. The van der Waals surface area contributed by atoms with Gasteiger partial charge in [-0.15, -0.1) is 11.8 Å². The molecule has 5 rings (SSSR count). The second-order valence-electron chi connectivity index (χ2n) is 7.77. The van der Waals surface area contributed by atoms with Crippen molar-refractivity contribution >= 4 is 22.7 Å². The zero-order valence-electron chi connectivity index (χ0n) is 15.7. The van der Waals surface area contributed by atoms with Crippen LogP contribution in [-0.4, -0.2) is 14.5 Å². The van der Waals surface area contributed by atoms with E-state index in [1.54, 1.807) is 18.0 Å². The molecule has 2 aliphatic rings. The van der Waals surface area contributed by atoms with Gasteiger partial charge in [-0.2, -0.15) is 0 Å². The maximum atomic E-state index is 13.1. The van der Waals surface area contributed by atoms with Crippen molar-refractivity contribution in [2.24, 2.45) is 0 Å². The molecule has 144 valence electrons. The van der Waals surface area contributed by atoms with Gasteiger partial charge in [0.05, 0.1) is 10.8 Å². The number of hydrogen-bond donors (Lipinski definition) is 1. The first-order valence-electron chi connectivity index (χ1n) is 10.1. The van der Waals surface area contributed by atoms with Crippen molar-refractivity contribution in [2.45, 2.75) is 61.1 Å². The molecule has 0 amide bonds. The lowest BCUT2D eigenvalue weighted by molar-refractivity contribution is 0.335. The van der Waals surface area contributed by atoms with Gasteiger partial charge in [0.25, 0.3) is 5.56 Å². The van der Waals surface area contributed by atoms with E-state index in [2.05, 4.69) is 28.2 Å². The van der Waals surface area contributed by atoms with Crippen LogP contribution in [0.2, 0.25) is 0 Å². The first-order valence-corrected chi connectivity index (χ1v) is 11.0. The fourth-order valence-corrected chi connectivity index (χ4v) is 5.95. The summed E-state index contributed by atoms with van der Waals surface area (Å²) in [6.07, 6.45) is 8.66. The number of thioether (sulfide) groups is 1. The van der Waals surface area contributed by atoms with Gasteiger partial charge in [-0.05, 0) is 37.8 Å². The number of H-pyrrole nitrogens is 1.